The van der Waals surface area contributed by atoms with Crippen molar-refractivity contribution in [1.82, 2.24) is 10.3 Å². The number of halogens is 1. The van der Waals surface area contributed by atoms with E-state index in [9.17, 15) is 9.18 Å². The van der Waals surface area contributed by atoms with E-state index < -0.39 is 0 Å². The fraction of sp³-hybridized carbons (Fsp3) is 0.150. The molecule has 5 nitrogen and oxygen atoms in total. The molecule has 0 saturated heterocycles. The SMILES string of the molecule is N#CCc1cccc(C(=O)NCCc2coc(-c3ccc(F)cc3)n2)c1. The second kappa shape index (κ2) is 8.08. The van der Waals surface area contributed by atoms with E-state index in [1.807, 2.05) is 6.07 Å². The molecule has 26 heavy (non-hydrogen) atoms. The maximum Gasteiger partial charge on any atom is 0.251 e. The Kier molecular flexibility index (Phi) is 5.40. The summed E-state index contributed by atoms with van der Waals surface area (Å²) < 4.78 is 18.3. The summed E-state index contributed by atoms with van der Waals surface area (Å²) >= 11 is 0. The molecule has 3 aromatic rings. The van der Waals surface area contributed by atoms with Gasteiger partial charge >= 0.3 is 0 Å². The summed E-state index contributed by atoms with van der Waals surface area (Å²) in [7, 11) is 0. The number of nitrogens with zero attached hydrogens (tertiary/aromatic N) is 2. The van der Waals surface area contributed by atoms with Gasteiger partial charge in [-0.2, -0.15) is 5.26 Å². The topological polar surface area (TPSA) is 78.9 Å². The molecule has 130 valence electrons. The number of amides is 1. The van der Waals surface area contributed by atoms with E-state index in [0.29, 0.717) is 35.7 Å². The average Bonchev–Trinajstić information content (AvgIpc) is 3.12. The highest BCUT2D eigenvalue weighted by Crippen LogP contribution is 2.19. The van der Waals surface area contributed by atoms with Gasteiger partial charge in [-0.05, 0) is 42.0 Å². The zero-order valence-corrected chi connectivity index (χ0v) is 13.9. The minimum absolute atomic E-state index is 0.202. The Labute approximate surface area is 150 Å². The van der Waals surface area contributed by atoms with Crippen molar-refractivity contribution < 1.29 is 13.6 Å². The van der Waals surface area contributed by atoms with Gasteiger partial charge in [0.2, 0.25) is 5.89 Å². The number of rotatable bonds is 6. The Morgan fingerprint density at radius 3 is 2.81 bits per heavy atom. The zero-order chi connectivity index (χ0) is 18.4. The van der Waals surface area contributed by atoms with Crippen molar-refractivity contribution in [2.24, 2.45) is 0 Å². The summed E-state index contributed by atoms with van der Waals surface area (Å²) in [6, 6.07) is 14.9. The first-order valence-electron chi connectivity index (χ1n) is 8.10. The predicted octanol–water partition coefficient (Wildman–Crippen LogP) is 3.52. The third-order valence-electron chi connectivity index (χ3n) is 3.78. The quantitative estimate of drug-likeness (QED) is 0.738. The van der Waals surface area contributed by atoms with E-state index in [2.05, 4.69) is 16.4 Å². The second-order valence-electron chi connectivity index (χ2n) is 5.69. The summed E-state index contributed by atoms with van der Waals surface area (Å²) in [6.07, 6.45) is 2.30. The van der Waals surface area contributed by atoms with Crippen molar-refractivity contribution in [3.05, 3.63) is 77.4 Å². The Balaban J connectivity index is 1.55. The third kappa shape index (κ3) is 4.33. The number of carbonyl (C=O) groups excluding carboxylic acids is 1. The van der Waals surface area contributed by atoms with Crippen molar-refractivity contribution >= 4 is 5.91 Å². The van der Waals surface area contributed by atoms with Gasteiger partial charge in [0.15, 0.2) is 0 Å². The molecule has 0 saturated carbocycles. The second-order valence-corrected chi connectivity index (χ2v) is 5.69. The maximum atomic E-state index is 13.0. The molecular formula is C20H16FN3O2. The predicted molar refractivity (Wildman–Crippen MR) is 93.7 cm³/mol. The van der Waals surface area contributed by atoms with Crippen molar-refractivity contribution in [3.63, 3.8) is 0 Å². The number of carbonyl (C=O) groups is 1. The average molecular weight is 349 g/mol. The van der Waals surface area contributed by atoms with E-state index in [0.717, 1.165) is 5.56 Å². The highest BCUT2D eigenvalue weighted by molar-refractivity contribution is 5.94. The van der Waals surface area contributed by atoms with E-state index in [1.165, 1.54) is 18.4 Å². The molecule has 0 aliphatic carbocycles. The first-order valence-corrected chi connectivity index (χ1v) is 8.10. The maximum absolute atomic E-state index is 13.0. The van der Waals surface area contributed by atoms with Crippen LogP contribution >= 0.6 is 0 Å². The number of nitrogens with one attached hydrogen (secondary N) is 1. The Hall–Kier alpha value is -3.46. The summed E-state index contributed by atoms with van der Waals surface area (Å²) in [5.41, 5.74) is 2.71. The van der Waals surface area contributed by atoms with E-state index in [-0.39, 0.29) is 18.1 Å². The van der Waals surface area contributed by atoms with Gasteiger partial charge in [0.1, 0.15) is 12.1 Å². The minimum Gasteiger partial charge on any atom is -0.444 e. The molecule has 0 aliphatic rings. The summed E-state index contributed by atoms with van der Waals surface area (Å²) in [4.78, 5) is 16.5. The monoisotopic (exact) mass is 349 g/mol. The van der Waals surface area contributed by atoms with Gasteiger partial charge in [0.25, 0.3) is 5.91 Å². The van der Waals surface area contributed by atoms with Crippen LogP contribution in [0.25, 0.3) is 11.5 Å². The smallest absolute Gasteiger partial charge is 0.251 e. The molecular weight excluding hydrogens is 333 g/mol. The number of hydrogen-bond acceptors (Lipinski definition) is 4. The van der Waals surface area contributed by atoms with Crippen molar-refractivity contribution in [2.45, 2.75) is 12.8 Å². The van der Waals surface area contributed by atoms with Gasteiger partial charge in [0, 0.05) is 24.1 Å². The standard InChI is InChI=1S/C20H16FN3O2/c21-17-6-4-15(5-7-17)20-24-18(13-26-20)9-11-23-19(25)16-3-1-2-14(12-16)8-10-22/h1-7,12-13H,8-9,11H2,(H,23,25). The Morgan fingerprint density at radius 2 is 2.04 bits per heavy atom. The minimum atomic E-state index is -0.318. The van der Waals surface area contributed by atoms with Crippen molar-refractivity contribution in [1.29, 1.82) is 5.26 Å². The van der Waals surface area contributed by atoms with E-state index >= 15 is 0 Å². The third-order valence-corrected chi connectivity index (χ3v) is 3.78. The molecule has 1 aromatic heterocycles. The summed E-state index contributed by atoms with van der Waals surface area (Å²) in [6.45, 7) is 0.400. The molecule has 3 rings (SSSR count). The zero-order valence-electron chi connectivity index (χ0n) is 13.9. The summed E-state index contributed by atoms with van der Waals surface area (Å²) in [5.74, 6) is -0.107. The number of oxazole rings is 1. The lowest BCUT2D eigenvalue weighted by Gasteiger charge is -2.05. The molecule has 1 N–H and O–H groups in total. The number of hydrogen-bond donors (Lipinski definition) is 1. The fourth-order valence-electron chi connectivity index (χ4n) is 2.47. The van der Waals surface area contributed by atoms with Crippen LogP contribution in [0.15, 0.2) is 59.2 Å². The highest BCUT2D eigenvalue weighted by Gasteiger charge is 2.09. The number of benzene rings is 2. The molecule has 1 heterocycles. The van der Waals surface area contributed by atoms with Crippen LogP contribution in [0.1, 0.15) is 21.6 Å². The van der Waals surface area contributed by atoms with Crippen LogP contribution in [0, 0.1) is 17.1 Å². The molecule has 0 spiro atoms. The molecule has 6 heteroatoms. The first kappa shape index (κ1) is 17.4. The molecule has 2 aromatic carbocycles. The van der Waals surface area contributed by atoms with Crippen LogP contribution in [0.5, 0.6) is 0 Å². The van der Waals surface area contributed by atoms with Gasteiger partial charge in [0.05, 0.1) is 18.2 Å². The van der Waals surface area contributed by atoms with Gasteiger partial charge in [-0.25, -0.2) is 9.37 Å². The van der Waals surface area contributed by atoms with Crippen LogP contribution < -0.4 is 5.32 Å². The molecule has 0 atom stereocenters. The Bertz CT molecular complexity index is 942. The lowest BCUT2D eigenvalue weighted by molar-refractivity contribution is 0.0954. The van der Waals surface area contributed by atoms with Crippen LogP contribution in [0.2, 0.25) is 0 Å². The molecule has 0 radical (unpaired) electrons. The normalized spacial score (nSPS) is 10.3. The van der Waals surface area contributed by atoms with E-state index in [1.54, 1.807) is 30.3 Å². The van der Waals surface area contributed by atoms with Crippen molar-refractivity contribution in [3.8, 4) is 17.5 Å². The van der Waals surface area contributed by atoms with Gasteiger partial charge in [-0.1, -0.05) is 12.1 Å². The molecule has 0 fully saturated rings. The Morgan fingerprint density at radius 1 is 1.23 bits per heavy atom. The van der Waals surface area contributed by atoms with Crippen molar-refractivity contribution in [2.75, 3.05) is 6.54 Å². The van der Waals surface area contributed by atoms with Crippen LogP contribution in [-0.4, -0.2) is 17.4 Å². The highest BCUT2D eigenvalue weighted by atomic mass is 19.1. The first-order chi connectivity index (χ1) is 12.7. The van der Waals surface area contributed by atoms with E-state index in [4.69, 9.17) is 9.68 Å². The van der Waals surface area contributed by atoms with Crippen LogP contribution in [0.4, 0.5) is 4.39 Å². The molecule has 0 unspecified atom stereocenters. The summed E-state index contributed by atoms with van der Waals surface area (Å²) in [5, 5.41) is 11.5. The molecule has 0 bridgehead atoms. The van der Waals surface area contributed by atoms with Gasteiger partial charge < -0.3 is 9.73 Å². The van der Waals surface area contributed by atoms with Crippen LogP contribution in [0.3, 0.4) is 0 Å². The molecule has 0 aliphatic heterocycles. The van der Waals surface area contributed by atoms with Gasteiger partial charge in [-0.3, -0.25) is 4.79 Å². The number of aromatic nitrogens is 1. The number of nitriles is 1. The van der Waals surface area contributed by atoms with Gasteiger partial charge in [-0.15, -0.1) is 0 Å². The van der Waals surface area contributed by atoms with Crippen LogP contribution in [-0.2, 0) is 12.8 Å². The molecule has 1 amide bonds. The largest absolute Gasteiger partial charge is 0.444 e. The fourth-order valence-corrected chi connectivity index (χ4v) is 2.47. The lowest BCUT2D eigenvalue weighted by atomic mass is 10.1. The lowest BCUT2D eigenvalue weighted by Crippen LogP contribution is -2.25.